The van der Waals surface area contributed by atoms with Gasteiger partial charge in [0.2, 0.25) is 0 Å². The smallest absolute Gasteiger partial charge is 0.125 e. The summed E-state index contributed by atoms with van der Waals surface area (Å²) in [6.45, 7) is 4.52. The van der Waals surface area contributed by atoms with Crippen molar-refractivity contribution in [1.82, 2.24) is 10.2 Å². The molecule has 118 valence electrons. The molecule has 0 aromatic heterocycles. The number of likely N-dealkylation sites (tertiary alicyclic amines) is 1. The molecular formula is C17H29N3O. The van der Waals surface area contributed by atoms with E-state index in [0.717, 1.165) is 12.3 Å². The Morgan fingerprint density at radius 3 is 2.81 bits per heavy atom. The summed E-state index contributed by atoms with van der Waals surface area (Å²) in [5, 5.41) is 3.35. The van der Waals surface area contributed by atoms with Gasteiger partial charge in [0.25, 0.3) is 0 Å². The molecule has 21 heavy (non-hydrogen) atoms. The molecule has 0 bridgehead atoms. The fourth-order valence-electron chi connectivity index (χ4n) is 3.25. The summed E-state index contributed by atoms with van der Waals surface area (Å²) >= 11 is 0. The van der Waals surface area contributed by atoms with Crippen molar-refractivity contribution in [2.75, 3.05) is 46.2 Å². The van der Waals surface area contributed by atoms with Crippen molar-refractivity contribution >= 4 is 5.69 Å². The van der Waals surface area contributed by atoms with Crippen LogP contribution in [0.4, 0.5) is 5.69 Å². The van der Waals surface area contributed by atoms with E-state index in [4.69, 9.17) is 4.74 Å². The van der Waals surface area contributed by atoms with Crippen LogP contribution in [0.5, 0.6) is 5.75 Å². The molecule has 1 N–H and O–H groups in total. The Labute approximate surface area is 129 Å². The van der Waals surface area contributed by atoms with Crippen molar-refractivity contribution in [2.24, 2.45) is 0 Å². The predicted molar refractivity (Wildman–Crippen MR) is 89.4 cm³/mol. The Bertz CT molecular complexity index is 463. The molecule has 0 saturated carbocycles. The van der Waals surface area contributed by atoms with Gasteiger partial charge in [0.1, 0.15) is 5.75 Å². The zero-order valence-corrected chi connectivity index (χ0v) is 14.0. The molecule has 1 aliphatic rings. The van der Waals surface area contributed by atoms with Gasteiger partial charge >= 0.3 is 0 Å². The van der Waals surface area contributed by atoms with E-state index in [1.54, 1.807) is 7.11 Å². The number of ether oxygens (including phenoxy) is 1. The van der Waals surface area contributed by atoms with Crippen LogP contribution in [0.2, 0.25) is 0 Å². The molecule has 2 atom stereocenters. The lowest BCUT2D eigenvalue weighted by Crippen LogP contribution is -2.45. The second-order valence-corrected chi connectivity index (χ2v) is 6.07. The van der Waals surface area contributed by atoms with Gasteiger partial charge in [-0.15, -0.1) is 0 Å². The summed E-state index contributed by atoms with van der Waals surface area (Å²) in [4.78, 5) is 4.85. The molecule has 0 aliphatic carbocycles. The third-order valence-corrected chi connectivity index (χ3v) is 4.66. The van der Waals surface area contributed by atoms with Crippen LogP contribution in [0.15, 0.2) is 18.2 Å². The van der Waals surface area contributed by atoms with Crippen LogP contribution in [-0.2, 0) is 0 Å². The summed E-state index contributed by atoms with van der Waals surface area (Å²) in [6.07, 6.45) is 2.53. The third kappa shape index (κ3) is 3.50. The highest BCUT2D eigenvalue weighted by atomic mass is 16.5. The van der Waals surface area contributed by atoms with Crippen LogP contribution in [0.3, 0.4) is 0 Å². The molecular weight excluding hydrogens is 262 g/mol. The van der Waals surface area contributed by atoms with Crippen molar-refractivity contribution in [3.8, 4) is 5.75 Å². The first-order chi connectivity index (χ1) is 10.1. The van der Waals surface area contributed by atoms with Crippen molar-refractivity contribution in [3.05, 3.63) is 23.8 Å². The first kappa shape index (κ1) is 16.1. The van der Waals surface area contributed by atoms with Gasteiger partial charge in [0.15, 0.2) is 0 Å². The van der Waals surface area contributed by atoms with Gasteiger partial charge in [-0.05, 0) is 52.5 Å². The minimum atomic E-state index is 0.264. The third-order valence-electron chi connectivity index (χ3n) is 4.66. The van der Waals surface area contributed by atoms with Crippen molar-refractivity contribution in [1.29, 1.82) is 0 Å². The maximum atomic E-state index is 5.59. The van der Waals surface area contributed by atoms with Crippen LogP contribution in [0.1, 0.15) is 31.4 Å². The normalized spacial score (nSPS) is 21.1. The summed E-state index contributed by atoms with van der Waals surface area (Å²) < 4.78 is 5.59. The van der Waals surface area contributed by atoms with Crippen molar-refractivity contribution in [3.63, 3.8) is 0 Å². The highest BCUT2D eigenvalue weighted by molar-refractivity contribution is 5.61. The lowest BCUT2D eigenvalue weighted by atomic mass is 10.00. The molecule has 2 rings (SSSR count). The Hall–Kier alpha value is -1.26. The summed E-state index contributed by atoms with van der Waals surface area (Å²) in [6, 6.07) is 7.18. The van der Waals surface area contributed by atoms with E-state index in [9.17, 15) is 0 Å². The van der Waals surface area contributed by atoms with Crippen LogP contribution in [-0.4, -0.2) is 52.3 Å². The number of benzene rings is 1. The number of likely N-dealkylation sites (N-methyl/N-ethyl adjacent to an activating group) is 2. The second kappa shape index (κ2) is 7.14. The zero-order chi connectivity index (χ0) is 15.4. The minimum Gasteiger partial charge on any atom is -0.496 e. The monoisotopic (exact) mass is 291 g/mol. The van der Waals surface area contributed by atoms with Crippen molar-refractivity contribution in [2.45, 2.75) is 31.8 Å². The molecule has 0 amide bonds. The lowest BCUT2D eigenvalue weighted by molar-refractivity contribution is 0.247. The summed E-state index contributed by atoms with van der Waals surface area (Å²) in [7, 11) is 8.17. The molecule has 4 nitrogen and oxygen atoms in total. The molecule has 2 unspecified atom stereocenters. The fraction of sp³-hybridized carbons (Fsp3) is 0.647. The number of methoxy groups -OCH3 is 1. The second-order valence-electron chi connectivity index (χ2n) is 6.07. The Morgan fingerprint density at radius 2 is 2.19 bits per heavy atom. The quantitative estimate of drug-likeness (QED) is 0.902. The van der Waals surface area contributed by atoms with Gasteiger partial charge in [-0.2, -0.15) is 0 Å². The first-order valence-corrected chi connectivity index (χ1v) is 7.84. The maximum Gasteiger partial charge on any atom is 0.125 e. The summed E-state index contributed by atoms with van der Waals surface area (Å²) in [5.74, 6) is 0.963. The number of hydrogen-bond acceptors (Lipinski definition) is 4. The van der Waals surface area contributed by atoms with E-state index in [0.29, 0.717) is 6.04 Å². The number of nitrogens with zero attached hydrogens (tertiary/aromatic N) is 2. The van der Waals surface area contributed by atoms with E-state index in [1.807, 2.05) is 13.1 Å². The van der Waals surface area contributed by atoms with Gasteiger partial charge in [-0.1, -0.05) is 6.07 Å². The molecule has 1 aliphatic heterocycles. The maximum absolute atomic E-state index is 5.59. The molecule has 1 heterocycles. The van der Waals surface area contributed by atoms with Gasteiger partial charge in [-0.3, -0.25) is 0 Å². The topological polar surface area (TPSA) is 27.7 Å². The van der Waals surface area contributed by atoms with E-state index < -0.39 is 0 Å². The standard InChI is InChI=1S/C17H29N3O/c1-13(18-2)17-15(9-6-10-16(17)21-5)20(4)14-8-7-11-19(3)12-14/h6,9-10,13-14,18H,7-8,11-12H2,1-5H3. The highest BCUT2D eigenvalue weighted by Crippen LogP contribution is 2.35. The number of hydrogen-bond donors (Lipinski definition) is 1. The molecule has 4 heteroatoms. The number of rotatable bonds is 5. The SMILES string of the molecule is CNC(C)c1c(OC)cccc1N(C)C1CCCN(C)C1. The molecule has 0 radical (unpaired) electrons. The number of anilines is 1. The average Bonchev–Trinajstić information content (AvgIpc) is 2.52. The van der Waals surface area contributed by atoms with Gasteiger partial charge in [0.05, 0.1) is 7.11 Å². The molecule has 0 spiro atoms. The lowest BCUT2D eigenvalue weighted by Gasteiger charge is -2.38. The molecule has 1 saturated heterocycles. The highest BCUT2D eigenvalue weighted by Gasteiger charge is 2.25. The van der Waals surface area contributed by atoms with E-state index in [2.05, 4.69) is 48.3 Å². The van der Waals surface area contributed by atoms with Crippen molar-refractivity contribution < 1.29 is 4.74 Å². The Balaban J connectivity index is 2.33. The number of nitrogens with one attached hydrogen (secondary N) is 1. The van der Waals surface area contributed by atoms with Gasteiger partial charge < -0.3 is 19.9 Å². The molecule has 1 fully saturated rings. The van der Waals surface area contributed by atoms with Crippen LogP contribution >= 0.6 is 0 Å². The molecule has 1 aromatic carbocycles. The first-order valence-electron chi connectivity index (χ1n) is 7.84. The van der Waals surface area contributed by atoms with Crippen LogP contribution in [0.25, 0.3) is 0 Å². The minimum absolute atomic E-state index is 0.264. The zero-order valence-electron chi connectivity index (χ0n) is 14.0. The largest absolute Gasteiger partial charge is 0.496 e. The Kier molecular flexibility index (Phi) is 5.48. The van der Waals surface area contributed by atoms with E-state index in [-0.39, 0.29) is 6.04 Å². The van der Waals surface area contributed by atoms with E-state index >= 15 is 0 Å². The molecule has 1 aromatic rings. The summed E-state index contributed by atoms with van der Waals surface area (Å²) in [5.41, 5.74) is 2.52. The van der Waals surface area contributed by atoms with Gasteiger partial charge in [-0.25, -0.2) is 0 Å². The van der Waals surface area contributed by atoms with Crippen LogP contribution < -0.4 is 15.0 Å². The Morgan fingerprint density at radius 1 is 1.43 bits per heavy atom. The average molecular weight is 291 g/mol. The van der Waals surface area contributed by atoms with Crippen LogP contribution in [0, 0.1) is 0 Å². The van der Waals surface area contributed by atoms with Gasteiger partial charge in [0, 0.05) is 36.9 Å². The predicted octanol–water partition coefficient (Wildman–Crippen LogP) is 2.51. The fourth-order valence-corrected chi connectivity index (χ4v) is 3.25. The van der Waals surface area contributed by atoms with E-state index in [1.165, 1.54) is 30.6 Å². The number of piperidine rings is 1.